The number of benzene rings is 1. The number of nitrogens with one attached hydrogen (secondary N) is 2. The fourth-order valence-corrected chi connectivity index (χ4v) is 3.36. The number of hydrogen-bond donors (Lipinski definition) is 3. The Hall–Kier alpha value is -1.75. The van der Waals surface area contributed by atoms with E-state index in [1.54, 1.807) is 0 Å². The summed E-state index contributed by atoms with van der Waals surface area (Å²) < 4.78 is 5.95. The molecule has 3 unspecified atom stereocenters. The molecule has 0 aromatic heterocycles. The Kier molecular flexibility index (Phi) is 5.39. The van der Waals surface area contributed by atoms with E-state index in [1.165, 1.54) is 5.56 Å². The summed E-state index contributed by atoms with van der Waals surface area (Å²) in [4.78, 5) is 4.63. The van der Waals surface area contributed by atoms with Crippen molar-refractivity contribution in [2.24, 2.45) is 10.9 Å². The molecule has 1 aromatic rings. The molecule has 23 heavy (non-hydrogen) atoms. The topological polar surface area (TPSA) is 65.9 Å². The molecule has 5 heteroatoms. The van der Waals surface area contributed by atoms with Gasteiger partial charge in [0.15, 0.2) is 5.96 Å². The summed E-state index contributed by atoms with van der Waals surface area (Å²) in [5.74, 6) is 2.11. The van der Waals surface area contributed by atoms with Crippen molar-refractivity contribution in [3.63, 3.8) is 0 Å². The Morgan fingerprint density at radius 3 is 2.91 bits per heavy atom. The Morgan fingerprint density at radius 1 is 1.30 bits per heavy atom. The largest absolute Gasteiger partial charge is 0.488 e. The normalized spacial score (nSPS) is 26.7. The van der Waals surface area contributed by atoms with Crippen LogP contribution in [0.25, 0.3) is 0 Å². The number of rotatable bonds is 5. The maximum atomic E-state index is 9.90. The maximum Gasteiger partial charge on any atom is 0.191 e. The Morgan fingerprint density at radius 2 is 2.17 bits per heavy atom. The SMILES string of the molecule is CCNC(=NCC1CCCC1O)NCC1Cc2ccccc2O1. The lowest BCUT2D eigenvalue weighted by Gasteiger charge is -2.17. The van der Waals surface area contributed by atoms with E-state index >= 15 is 0 Å². The monoisotopic (exact) mass is 317 g/mol. The molecule has 0 spiro atoms. The molecule has 1 saturated carbocycles. The summed E-state index contributed by atoms with van der Waals surface area (Å²) in [6.45, 7) is 4.30. The first-order valence-corrected chi connectivity index (χ1v) is 8.71. The summed E-state index contributed by atoms with van der Waals surface area (Å²) in [5, 5.41) is 16.5. The fraction of sp³-hybridized carbons (Fsp3) is 0.611. The average Bonchev–Trinajstić information content (AvgIpc) is 3.15. The first kappa shape index (κ1) is 16.1. The van der Waals surface area contributed by atoms with Gasteiger partial charge in [-0.05, 0) is 31.4 Å². The second-order valence-corrected chi connectivity index (χ2v) is 6.41. The number of hydrogen-bond acceptors (Lipinski definition) is 3. The van der Waals surface area contributed by atoms with E-state index in [9.17, 15) is 5.11 Å². The van der Waals surface area contributed by atoms with Gasteiger partial charge in [0, 0.05) is 25.4 Å². The second kappa shape index (κ2) is 7.68. The van der Waals surface area contributed by atoms with Crippen LogP contribution in [-0.2, 0) is 6.42 Å². The first-order chi connectivity index (χ1) is 11.3. The van der Waals surface area contributed by atoms with Gasteiger partial charge in [-0.1, -0.05) is 24.6 Å². The summed E-state index contributed by atoms with van der Waals surface area (Å²) >= 11 is 0. The minimum Gasteiger partial charge on any atom is -0.488 e. The van der Waals surface area contributed by atoms with Crippen molar-refractivity contribution >= 4 is 5.96 Å². The van der Waals surface area contributed by atoms with E-state index in [4.69, 9.17) is 4.74 Å². The van der Waals surface area contributed by atoms with E-state index in [0.717, 1.165) is 50.5 Å². The van der Waals surface area contributed by atoms with Gasteiger partial charge in [-0.3, -0.25) is 4.99 Å². The van der Waals surface area contributed by atoms with E-state index < -0.39 is 0 Å². The Bertz CT molecular complexity index is 522. The van der Waals surface area contributed by atoms with Crippen LogP contribution in [0.4, 0.5) is 0 Å². The number of aliphatic hydroxyl groups is 1. The predicted octanol–water partition coefficient (Wildman–Crippen LogP) is 1.71. The Labute approximate surface area is 138 Å². The van der Waals surface area contributed by atoms with E-state index in [0.29, 0.717) is 12.5 Å². The molecule has 2 aliphatic rings. The molecular formula is C18H27N3O2. The standard InChI is InChI=1S/C18H27N3O2/c1-2-19-18(20-11-14-7-5-8-16(14)22)21-12-15-10-13-6-3-4-9-17(13)23-15/h3-4,6,9,14-16,22H,2,5,7-8,10-12H2,1H3,(H2,19,20,21). The van der Waals surface area contributed by atoms with E-state index in [-0.39, 0.29) is 12.2 Å². The molecule has 0 amide bonds. The first-order valence-electron chi connectivity index (χ1n) is 8.71. The second-order valence-electron chi connectivity index (χ2n) is 6.41. The number of aliphatic hydroxyl groups excluding tert-OH is 1. The quantitative estimate of drug-likeness (QED) is 0.571. The molecule has 1 heterocycles. The zero-order valence-corrected chi connectivity index (χ0v) is 13.8. The number of guanidine groups is 1. The lowest BCUT2D eigenvalue weighted by atomic mass is 10.1. The highest BCUT2D eigenvalue weighted by molar-refractivity contribution is 5.79. The van der Waals surface area contributed by atoms with Gasteiger partial charge in [-0.25, -0.2) is 0 Å². The van der Waals surface area contributed by atoms with Crippen LogP contribution in [0.3, 0.4) is 0 Å². The highest BCUT2D eigenvalue weighted by Gasteiger charge is 2.25. The van der Waals surface area contributed by atoms with Gasteiger partial charge in [-0.15, -0.1) is 0 Å². The van der Waals surface area contributed by atoms with Gasteiger partial charge in [-0.2, -0.15) is 0 Å². The number of fused-ring (bicyclic) bond motifs is 1. The van der Waals surface area contributed by atoms with Crippen molar-refractivity contribution in [3.8, 4) is 5.75 Å². The third-order valence-electron chi connectivity index (χ3n) is 4.66. The summed E-state index contributed by atoms with van der Waals surface area (Å²) in [5.41, 5.74) is 1.27. The average molecular weight is 317 g/mol. The molecule has 0 bridgehead atoms. The van der Waals surface area contributed by atoms with Crippen molar-refractivity contribution in [3.05, 3.63) is 29.8 Å². The van der Waals surface area contributed by atoms with E-state index in [1.807, 2.05) is 12.1 Å². The molecule has 1 fully saturated rings. The van der Waals surface area contributed by atoms with Crippen molar-refractivity contribution in [2.75, 3.05) is 19.6 Å². The van der Waals surface area contributed by atoms with Crippen molar-refractivity contribution in [1.29, 1.82) is 0 Å². The third kappa shape index (κ3) is 4.16. The number of aliphatic imine (C=N–C) groups is 1. The van der Waals surface area contributed by atoms with Crippen LogP contribution in [0, 0.1) is 5.92 Å². The predicted molar refractivity (Wildman–Crippen MR) is 91.9 cm³/mol. The van der Waals surface area contributed by atoms with Gasteiger partial charge in [0.25, 0.3) is 0 Å². The number of nitrogens with zero attached hydrogens (tertiary/aromatic N) is 1. The molecular weight excluding hydrogens is 290 g/mol. The summed E-state index contributed by atoms with van der Waals surface area (Å²) in [7, 11) is 0. The maximum absolute atomic E-state index is 9.90. The molecule has 1 aliphatic heterocycles. The molecule has 0 radical (unpaired) electrons. The highest BCUT2D eigenvalue weighted by atomic mass is 16.5. The van der Waals surface area contributed by atoms with Gasteiger partial charge in [0.05, 0.1) is 12.6 Å². The smallest absolute Gasteiger partial charge is 0.191 e. The van der Waals surface area contributed by atoms with Crippen LogP contribution in [0.15, 0.2) is 29.3 Å². The molecule has 0 saturated heterocycles. The van der Waals surface area contributed by atoms with E-state index in [2.05, 4.69) is 34.7 Å². The van der Waals surface area contributed by atoms with Crippen molar-refractivity contribution in [2.45, 2.75) is 44.8 Å². The summed E-state index contributed by atoms with van der Waals surface area (Å²) in [6.07, 6.45) is 4.00. The molecule has 5 nitrogen and oxygen atoms in total. The third-order valence-corrected chi connectivity index (χ3v) is 4.66. The minimum absolute atomic E-state index is 0.147. The Balaban J connectivity index is 1.50. The number of ether oxygens (including phenoxy) is 1. The van der Waals surface area contributed by atoms with Crippen LogP contribution >= 0.6 is 0 Å². The molecule has 3 atom stereocenters. The zero-order chi connectivity index (χ0) is 16.1. The van der Waals surface area contributed by atoms with Crippen LogP contribution in [0.1, 0.15) is 31.7 Å². The molecule has 1 aromatic carbocycles. The fourth-order valence-electron chi connectivity index (χ4n) is 3.36. The zero-order valence-electron chi connectivity index (χ0n) is 13.8. The highest BCUT2D eigenvalue weighted by Crippen LogP contribution is 2.28. The van der Waals surface area contributed by atoms with Gasteiger partial charge < -0.3 is 20.5 Å². The van der Waals surface area contributed by atoms with Gasteiger partial charge in [0.2, 0.25) is 0 Å². The van der Waals surface area contributed by atoms with Crippen LogP contribution in [-0.4, -0.2) is 42.9 Å². The van der Waals surface area contributed by atoms with Crippen LogP contribution in [0.5, 0.6) is 5.75 Å². The molecule has 3 rings (SSSR count). The molecule has 126 valence electrons. The lowest BCUT2D eigenvalue weighted by molar-refractivity contribution is 0.136. The number of para-hydroxylation sites is 1. The van der Waals surface area contributed by atoms with Crippen LogP contribution < -0.4 is 15.4 Å². The van der Waals surface area contributed by atoms with Crippen LogP contribution in [0.2, 0.25) is 0 Å². The molecule has 1 aliphatic carbocycles. The minimum atomic E-state index is -0.186. The van der Waals surface area contributed by atoms with Crippen molar-refractivity contribution in [1.82, 2.24) is 10.6 Å². The van der Waals surface area contributed by atoms with Crippen molar-refractivity contribution < 1.29 is 9.84 Å². The van der Waals surface area contributed by atoms with Gasteiger partial charge >= 0.3 is 0 Å². The van der Waals surface area contributed by atoms with Gasteiger partial charge in [0.1, 0.15) is 11.9 Å². The lowest BCUT2D eigenvalue weighted by Crippen LogP contribution is -2.42. The summed E-state index contributed by atoms with van der Waals surface area (Å²) in [6, 6.07) is 8.20. The molecule has 3 N–H and O–H groups in total.